The van der Waals surface area contributed by atoms with Crippen LogP contribution in [0.2, 0.25) is 0 Å². The number of hydrogen-bond donors (Lipinski definition) is 2. The van der Waals surface area contributed by atoms with Gasteiger partial charge < -0.3 is 25.6 Å². The van der Waals surface area contributed by atoms with Gasteiger partial charge in [0.1, 0.15) is 17.7 Å². The van der Waals surface area contributed by atoms with E-state index in [-0.39, 0.29) is 29.5 Å². The summed E-state index contributed by atoms with van der Waals surface area (Å²) in [7, 11) is 2.11. The fraction of sp³-hybridized carbons (Fsp3) is 0.704. The maximum Gasteiger partial charge on any atom is 0.228 e. The zero-order valence-electron chi connectivity index (χ0n) is 21.7. The zero-order chi connectivity index (χ0) is 25.3. The second-order valence-corrected chi connectivity index (χ2v) is 11.0. The highest BCUT2D eigenvalue weighted by molar-refractivity contribution is 6.08. The van der Waals surface area contributed by atoms with E-state index < -0.39 is 5.41 Å². The number of carbonyl (C=O) groups excluding carboxylic acids is 2. The Kier molecular flexibility index (Phi) is 7.30. The summed E-state index contributed by atoms with van der Waals surface area (Å²) in [5.41, 5.74) is 6.94. The van der Waals surface area contributed by atoms with E-state index in [1.807, 2.05) is 13.0 Å². The topological polar surface area (TPSA) is 114 Å². The molecule has 5 rings (SSSR count). The average Bonchev–Trinajstić information content (AvgIpc) is 3.42. The van der Waals surface area contributed by atoms with Crippen LogP contribution >= 0.6 is 0 Å². The van der Waals surface area contributed by atoms with Gasteiger partial charge >= 0.3 is 0 Å². The first-order valence-electron chi connectivity index (χ1n) is 13.7. The van der Waals surface area contributed by atoms with E-state index >= 15 is 0 Å². The summed E-state index contributed by atoms with van der Waals surface area (Å²) in [6.07, 6.45) is 7.33. The molecule has 1 saturated carbocycles. The number of ketones is 2. The number of aromatic nitrogens is 2. The number of ether oxygens (including phenoxy) is 1. The molecule has 3 atom stereocenters. The number of allylic oxidation sites excluding steroid dienone is 2. The van der Waals surface area contributed by atoms with Crippen LogP contribution in [0.3, 0.4) is 0 Å². The Morgan fingerprint density at radius 2 is 1.92 bits per heavy atom. The van der Waals surface area contributed by atoms with E-state index in [1.165, 1.54) is 0 Å². The van der Waals surface area contributed by atoms with Gasteiger partial charge in [0.2, 0.25) is 17.5 Å². The highest BCUT2D eigenvalue weighted by Crippen LogP contribution is 2.47. The molecule has 3 fully saturated rings. The van der Waals surface area contributed by atoms with Crippen molar-refractivity contribution in [1.29, 1.82) is 0 Å². The predicted molar refractivity (Wildman–Crippen MR) is 138 cm³/mol. The van der Waals surface area contributed by atoms with Gasteiger partial charge in [-0.05, 0) is 65.5 Å². The number of piperazine rings is 1. The van der Waals surface area contributed by atoms with Gasteiger partial charge in [-0.3, -0.25) is 9.59 Å². The molecule has 4 aliphatic rings. The summed E-state index contributed by atoms with van der Waals surface area (Å²) < 4.78 is 6.28. The Morgan fingerprint density at radius 1 is 1.14 bits per heavy atom. The van der Waals surface area contributed by atoms with Gasteiger partial charge in [0.15, 0.2) is 0 Å². The molecule has 2 aliphatic carbocycles. The van der Waals surface area contributed by atoms with E-state index in [9.17, 15) is 9.59 Å². The standard InChI is InChI=1S/C27H40N6O3/c1-18(20-8-6-12-29-20)36-23-17-22(33-15-13-32(2)14-16-33)30-26(31-23)24(35)19-7-5-11-27(25(19)28)10-4-3-9-21(27)34/h17-18,20,29H,3-16,28H2,1-2H3/t18-,20-,27+/m0/s1. The third-order valence-electron chi connectivity index (χ3n) is 8.63. The monoisotopic (exact) mass is 496 g/mol. The van der Waals surface area contributed by atoms with Crippen molar-refractivity contribution in [3.05, 3.63) is 23.2 Å². The van der Waals surface area contributed by atoms with Crippen LogP contribution in [-0.4, -0.2) is 78.4 Å². The lowest BCUT2D eigenvalue weighted by Crippen LogP contribution is -2.45. The molecule has 2 saturated heterocycles. The zero-order valence-corrected chi connectivity index (χ0v) is 21.7. The van der Waals surface area contributed by atoms with Gasteiger partial charge in [-0.1, -0.05) is 6.42 Å². The van der Waals surface area contributed by atoms with Crippen LogP contribution in [0.4, 0.5) is 5.82 Å². The van der Waals surface area contributed by atoms with Gasteiger partial charge in [-0.25, -0.2) is 4.98 Å². The van der Waals surface area contributed by atoms with E-state index in [2.05, 4.69) is 27.1 Å². The smallest absolute Gasteiger partial charge is 0.228 e. The molecule has 0 aromatic carbocycles. The van der Waals surface area contributed by atoms with E-state index in [0.29, 0.717) is 35.8 Å². The average molecular weight is 497 g/mol. The van der Waals surface area contributed by atoms with Gasteiger partial charge in [-0.15, -0.1) is 0 Å². The van der Waals surface area contributed by atoms with Crippen LogP contribution in [0.15, 0.2) is 17.3 Å². The number of anilines is 1. The molecule has 1 aromatic heterocycles. The van der Waals surface area contributed by atoms with Crippen molar-refractivity contribution < 1.29 is 14.3 Å². The Balaban J connectivity index is 1.48. The highest BCUT2D eigenvalue weighted by atomic mass is 16.5. The first-order valence-corrected chi connectivity index (χ1v) is 13.7. The molecule has 0 amide bonds. The molecule has 36 heavy (non-hydrogen) atoms. The Morgan fingerprint density at radius 3 is 2.64 bits per heavy atom. The number of hydrogen-bond acceptors (Lipinski definition) is 9. The fourth-order valence-corrected chi connectivity index (χ4v) is 6.29. The van der Waals surface area contributed by atoms with Crippen LogP contribution in [0, 0.1) is 5.41 Å². The lowest BCUT2D eigenvalue weighted by molar-refractivity contribution is -0.129. The summed E-state index contributed by atoms with van der Waals surface area (Å²) in [5, 5.41) is 3.48. The molecule has 1 spiro atoms. The summed E-state index contributed by atoms with van der Waals surface area (Å²) >= 11 is 0. The lowest BCUT2D eigenvalue weighted by atomic mass is 9.64. The fourth-order valence-electron chi connectivity index (χ4n) is 6.29. The number of nitrogens with one attached hydrogen (secondary N) is 1. The Hall–Kier alpha value is -2.52. The summed E-state index contributed by atoms with van der Waals surface area (Å²) in [5.74, 6) is 1.16. The van der Waals surface area contributed by atoms with E-state index in [4.69, 9.17) is 15.5 Å². The molecule has 0 radical (unpaired) electrons. The van der Waals surface area contributed by atoms with Crippen LogP contribution in [-0.2, 0) is 4.79 Å². The van der Waals surface area contributed by atoms with Gasteiger partial charge in [-0.2, -0.15) is 4.98 Å². The Bertz CT molecular complexity index is 1030. The Labute approximate surface area is 213 Å². The molecule has 3 N–H and O–H groups in total. The number of nitrogens with two attached hydrogens (primary N) is 1. The number of nitrogens with zero attached hydrogens (tertiary/aromatic N) is 4. The molecule has 0 bridgehead atoms. The van der Waals surface area contributed by atoms with E-state index in [0.717, 1.165) is 77.7 Å². The van der Waals surface area contributed by atoms with Crippen LogP contribution in [0.1, 0.15) is 75.3 Å². The second kappa shape index (κ2) is 10.5. The maximum atomic E-state index is 13.9. The molecule has 196 valence electrons. The third-order valence-corrected chi connectivity index (χ3v) is 8.63. The molecule has 9 heteroatoms. The maximum absolute atomic E-state index is 13.9. The van der Waals surface area contributed by atoms with Gasteiger partial charge in [0, 0.05) is 56.0 Å². The summed E-state index contributed by atoms with van der Waals surface area (Å²) in [6.45, 7) is 6.53. The lowest BCUT2D eigenvalue weighted by Gasteiger charge is -2.40. The largest absolute Gasteiger partial charge is 0.473 e. The predicted octanol–water partition coefficient (Wildman–Crippen LogP) is 2.46. The third kappa shape index (κ3) is 4.87. The molecule has 1 aromatic rings. The first-order chi connectivity index (χ1) is 17.4. The number of Topliss-reactive ketones (excluding diaryl/α,β-unsaturated/α-hetero) is 2. The minimum Gasteiger partial charge on any atom is -0.473 e. The number of likely N-dealkylation sites (N-methyl/N-ethyl adjacent to an activating group) is 1. The number of rotatable bonds is 6. The minimum atomic E-state index is -0.682. The normalized spacial score (nSPS) is 28.6. The van der Waals surface area contributed by atoms with Crippen LogP contribution < -0.4 is 20.7 Å². The molecule has 3 heterocycles. The van der Waals surface area contributed by atoms with Gasteiger partial charge in [0.05, 0.1) is 5.41 Å². The number of carbonyl (C=O) groups is 2. The van der Waals surface area contributed by atoms with Gasteiger partial charge in [0.25, 0.3) is 0 Å². The van der Waals surface area contributed by atoms with Crippen molar-refractivity contribution in [3.63, 3.8) is 0 Å². The van der Waals surface area contributed by atoms with Crippen LogP contribution in [0.5, 0.6) is 5.88 Å². The molecular formula is C27H40N6O3. The second-order valence-electron chi connectivity index (χ2n) is 11.0. The van der Waals surface area contributed by atoms with Crippen molar-refractivity contribution in [2.45, 2.75) is 76.9 Å². The van der Waals surface area contributed by atoms with Crippen molar-refractivity contribution in [3.8, 4) is 5.88 Å². The van der Waals surface area contributed by atoms with Crippen molar-refractivity contribution in [2.24, 2.45) is 11.1 Å². The minimum absolute atomic E-state index is 0.0761. The molecular weight excluding hydrogens is 456 g/mol. The summed E-state index contributed by atoms with van der Waals surface area (Å²) in [4.78, 5) is 40.6. The van der Waals surface area contributed by atoms with Crippen molar-refractivity contribution >= 4 is 17.4 Å². The van der Waals surface area contributed by atoms with Crippen molar-refractivity contribution in [2.75, 3.05) is 44.7 Å². The van der Waals surface area contributed by atoms with Crippen LogP contribution in [0.25, 0.3) is 0 Å². The first kappa shape index (κ1) is 25.1. The molecule has 0 unspecified atom stereocenters. The highest BCUT2D eigenvalue weighted by Gasteiger charge is 2.46. The van der Waals surface area contributed by atoms with E-state index in [1.54, 1.807) is 0 Å². The molecule has 9 nitrogen and oxygen atoms in total. The molecule has 2 aliphatic heterocycles. The SMILES string of the molecule is C[C@H](Oc1cc(N2CCN(C)CC2)nc(C(=O)C2=C(N)[C@]3(CCCCC3=O)CCC2)n1)[C@@H]1CCCN1. The quantitative estimate of drug-likeness (QED) is 0.573. The van der Waals surface area contributed by atoms with Crippen molar-refractivity contribution in [1.82, 2.24) is 20.2 Å². The summed E-state index contributed by atoms with van der Waals surface area (Å²) in [6, 6.07) is 2.12.